The second kappa shape index (κ2) is 2.38. The van der Waals surface area contributed by atoms with Crippen LogP contribution in [0.25, 0.3) is 0 Å². The smallest absolute Gasteiger partial charge is 0.410 e. The highest BCUT2D eigenvalue weighted by atomic mass is 16.6. The number of carbonyl (C=O) groups excluding carboxylic acids is 1. The molecule has 1 atom stereocenters. The lowest BCUT2D eigenvalue weighted by Crippen LogP contribution is -2.37. The average molecular weight is 182 g/mol. The number of nitrogens with one attached hydrogen (secondary N) is 1. The number of hydrogen-bond acceptors (Lipinski definition) is 3. The topological polar surface area (TPSA) is 41.6 Å². The van der Waals surface area contributed by atoms with Gasteiger partial charge in [0.05, 0.1) is 6.54 Å². The van der Waals surface area contributed by atoms with Gasteiger partial charge in [-0.1, -0.05) is 0 Å². The lowest BCUT2D eigenvalue weighted by atomic mass is 10.0. The van der Waals surface area contributed by atoms with Gasteiger partial charge >= 0.3 is 6.09 Å². The van der Waals surface area contributed by atoms with Crippen LogP contribution in [-0.4, -0.2) is 42.3 Å². The SMILES string of the molecule is O=C1OC2(CCNC2)CN1C1CC1. The molecule has 72 valence electrons. The van der Waals surface area contributed by atoms with E-state index in [1.165, 1.54) is 12.8 Å². The summed E-state index contributed by atoms with van der Waals surface area (Å²) in [7, 11) is 0. The van der Waals surface area contributed by atoms with Crippen LogP contribution in [0.5, 0.6) is 0 Å². The molecule has 4 heteroatoms. The second-order valence-electron chi connectivity index (χ2n) is 4.34. The number of carbonyl (C=O) groups is 1. The van der Waals surface area contributed by atoms with Gasteiger partial charge in [-0.15, -0.1) is 0 Å². The van der Waals surface area contributed by atoms with Crippen molar-refractivity contribution < 1.29 is 9.53 Å². The quantitative estimate of drug-likeness (QED) is 0.635. The summed E-state index contributed by atoms with van der Waals surface area (Å²) in [6.07, 6.45) is 3.21. The molecular weight excluding hydrogens is 168 g/mol. The van der Waals surface area contributed by atoms with Crippen molar-refractivity contribution in [3.8, 4) is 0 Å². The van der Waals surface area contributed by atoms with Crippen LogP contribution >= 0.6 is 0 Å². The summed E-state index contributed by atoms with van der Waals surface area (Å²) in [4.78, 5) is 13.4. The number of amides is 1. The first-order chi connectivity index (χ1) is 6.29. The van der Waals surface area contributed by atoms with Crippen molar-refractivity contribution >= 4 is 6.09 Å². The Morgan fingerprint density at radius 3 is 3.00 bits per heavy atom. The monoisotopic (exact) mass is 182 g/mol. The molecule has 13 heavy (non-hydrogen) atoms. The van der Waals surface area contributed by atoms with E-state index in [4.69, 9.17) is 4.74 Å². The third-order valence-electron chi connectivity index (χ3n) is 3.19. The molecule has 1 amide bonds. The molecule has 2 heterocycles. The van der Waals surface area contributed by atoms with E-state index in [2.05, 4.69) is 5.32 Å². The maximum Gasteiger partial charge on any atom is 0.410 e. The Morgan fingerprint density at radius 2 is 2.38 bits per heavy atom. The predicted octanol–water partition coefficient (Wildman–Crippen LogP) is 0.333. The number of ether oxygens (including phenoxy) is 1. The van der Waals surface area contributed by atoms with Gasteiger partial charge in [0.1, 0.15) is 5.60 Å². The summed E-state index contributed by atoms with van der Waals surface area (Å²) in [5.41, 5.74) is -0.181. The van der Waals surface area contributed by atoms with Crippen LogP contribution in [0, 0.1) is 0 Å². The lowest BCUT2D eigenvalue weighted by Gasteiger charge is -2.18. The minimum absolute atomic E-state index is 0.0915. The molecule has 1 aliphatic carbocycles. The molecule has 0 aromatic heterocycles. The fourth-order valence-electron chi connectivity index (χ4n) is 2.26. The zero-order chi connectivity index (χ0) is 8.89. The highest BCUT2D eigenvalue weighted by molar-refractivity contribution is 5.71. The molecule has 0 aromatic rings. The van der Waals surface area contributed by atoms with Crippen molar-refractivity contribution in [2.45, 2.75) is 30.9 Å². The average Bonchev–Trinajstić information content (AvgIpc) is 2.78. The minimum Gasteiger partial charge on any atom is -0.439 e. The summed E-state index contributed by atoms with van der Waals surface area (Å²) in [5.74, 6) is 0. The third kappa shape index (κ3) is 1.12. The van der Waals surface area contributed by atoms with E-state index in [1.807, 2.05) is 4.90 Å². The van der Waals surface area contributed by atoms with Crippen LogP contribution in [0.3, 0.4) is 0 Å². The van der Waals surface area contributed by atoms with Crippen LogP contribution in [0.15, 0.2) is 0 Å². The van der Waals surface area contributed by atoms with Crippen LogP contribution in [0.2, 0.25) is 0 Å². The molecule has 3 rings (SSSR count). The molecule has 1 N–H and O–H groups in total. The molecule has 0 bridgehead atoms. The van der Waals surface area contributed by atoms with Crippen molar-refractivity contribution in [2.75, 3.05) is 19.6 Å². The summed E-state index contributed by atoms with van der Waals surface area (Å²) in [6.45, 7) is 2.62. The minimum atomic E-state index is -0.181. The number of hydrogen-bond donors (Lipinski definition) is 1. The fraction of sp³-hybridized carbons (Fsp3) is 0.889. The number of rotatable bonds is 1. The Balaban J connectivity index is 1.77. The molecule has 1 saturated carbocycles. The second-order valence-corrected chi connectivity index (χ2v) is 4.34. The molecule has 3 fully saturated rings. The van der Waals surface area contributed by atoms with Crippen LogP contribution in [0.1, 0.15) is 19.3 Å². The summed E-state index contributed by atoms with van der Waals surface area (Å²) in [6, 6.07) is 0.493. The van der Waals surface area contributed by atoms with E-state index in [0.717, 1.165) is 26.1 Å². The van der Waals surface area contributed by atoms with Crippen molar-refractivity contribution in [3.05, 3.63) is 0 Å². The molecule has 3 aliphatic rings. The van der Waals surface area contributed by atoms with Gasteiger partial charge in [0.25, 0.3) is 0 Å². The van der Waals surface area contributed by atoms with Gasteiger partial charge in [-0.05, 0) is 19.4 Å². The van der Waals surface area contributed by atoms with Gasteiger partial charge in [0.2, 0.25) is 0 Å². The predicted molar refractivity (Wildman–Crippen MR) is 46.4 cm³/mol. The first-order valence-corrected chi connectivity index (χ1v) is 4.99. The summed E-state index contributed by atoms with van der Waals surface area (Å²) in [5, 5.41) is 3.25. The van der Waals surface area contributed by atoms with Crippen molar-refractivity contribution in [1.82, 2.24) is 10.2 Å². The third-order valence-corrected chi connectivity index (χ3v) is 3.19. The number of nitrogens with zero attached hydrogens (tertiary/aromatic N) is 1. The molecular formula is C9H14N2O2. The largest absolute Gasteiger partial charge is 0.439 e. The highest BCUT2D eigenvalue weighted by Crippen LogP contribution is 2.36. The van der Waals surface area contributed by atoms with Crippen molar-refractivity contribution in [3.63, 3.8) is 0 Å². The van der Waals surface area contributed by atoms with E-state index < -0.39 is 0 Å². The maximum atomic E-state index is 11.5. The van der Waals surface area contributed by atoms with Crippen molar-refractivity contribution in [1.29, 1.82) is 0 Å². The van der Waals surface area contributed by atoms with Gasteiger partial charge < -0.3 is 15.0 Å². The van der Waals surface area contributed by atoms with Crippen LogP contribution in [0.4, 0.5) is 4.79 Å². The van der Waals surface area contributed by atoms with Crippen LogP contribution < -0.4 is 5.32 Å². The maximum absolute atomic E-state index is 11.5. The van der Waals surface area contributed by atoms with Gasteiger partial charge in [0, 0.05) is 19.0 Å². The Morgan fingerprint density at radius 1 is 1.54 bits per heavy atom. The van der Waals surface area contributed by atoms with E-state index in [-0.39, 0.29) is 11.7 Å². The molecule has 1 unspecified atom stereocenters. The lowest BCUT2D eigenvalue weighted by molar-refractivity contribution is 0.0727. The Labute approximate surface area is 77.2 Å². The first kappa shape index (κ1) is 7.62. The van der Waals surface area contributed by atoms with Gasteiger partial charge in [-0.2, -0.15) is 0 Å². The highest BCUT2D eigenvalue weighted by Gasteiger charge is 2.50. The Bertz CT molecular complexity index is 244. The van der Waals surface area contributed by atoms with Gasteiger partial charge in [-0.3, -0.25) is 0 Å². The molecule has 0 aromatic carbocycles. The first-order valence-electron chi connectivity index (χ1n) is 4.99. The fourth-order valence-corrected chi connectivity index (χ4v) is 2.26. The van der Waals surface area contributed by atoms with E-state index >= 15 is 0 Å². The van der Waals surface area contributed by atoms with Crippen LogP contribution in [-0.2, 0) is 4.74 Å². The summed E-state index contributed by atoms with van der Waals surface area (Å²) >= 11 is 0. The van der Waals surface area contributed by atoms with E-state index in [9.17, 15) is 4.79 Å². The van der Waals surface area contributed by atoms with Gasteiger partial charge in [-0.25, -0.2) is 4.79 Å². The standard InChI is InChI=1S/C9H14N2O2/c12-8-11(7-1-2-7)6-9(13-8)3-4-10-5-9/h7,10H,1-6H2. The molecule has 0 radical (unpaired) electrons. The molecule has 2 saturated heterocycles. The van der Waals surface area contributed by atoms with Gasteiger partial charge in [0.15, 0.2) is 0 Å². The van der Waals surface area contributed by atoms with Crippen molar-refractivity contribution in [2.24, 2.45) is 0 Å². The Kier molecular flexibility index (Phi) is 1.39. The zero-order valence-corrected chi connectivity index (χ0v) is 7.58. The molecule has 4 nitrogen and oxygen atoms in total. The van der Waals surface area contributed by atoms with E-state index in [1.54, 1.807) is 0 Å². The summed E-state index contributed by atoms with van der Waals surface area (Å²) < 4.78 is 5.45. The van der Waals surface area contributed by atoms with E-state index in [0.29, 0.717) is 6.04 Å². The molecule has 1 spiro atoms. The molecule has 2 aliphatic heterocycles. The Hall–Kier alpha value is -0.770. The normalized spacial score (nSPS) is 38.8. The zero-order valence-electron chi connectivity index (χ0n) is 7.58.